The number of hydrogen-bond donors (Lipinski definition) is 1. The van der Waals surface area contributed by atoms with E-state index in [9.17, 15) is 4.79 Å². The number of pyridine rings is 1. The molecule has 1 fully saturated rings. The van der Waals surface area contributed by atoms with Crippen LogP contribution in [-0.2, 0) is 6.42 Å². The lowest BCUT2D eigenvalue weighted by Gasteiger charge is -2.16. The Morgan fingerprint density at radius 3 is 2.69 bits per heavy atom. The summed E-state index contributed by atoms with van der Waals surface area (Å²) < 4.78 is 4.06. The van der Waals surface area contributed by atoms with Crippen molar-refractivity contribution in [3.63, 3.8) is 0 Å². The van der Waals surface area contributed by atoms with Crippen LogP contribution in [0.3, 0.4) is 0 Å². The maximum absolute atomic E-state index is 13.2. The van der Waals surface area contributed by atoms with Crippen molar-refractivity contribution >= 4 is 17.7 Å². The summed E-state index contributed by atoms with van der Waals surface area (Å²) >= 11 is 1.65. The first-order valence-corrected chi connectivity index (χ1v) is 13.3. The lowest BCUT2D eigenvalue weighted by molar-refractivity contribution is 0.0953. The van der Waals surface area contributed by atoms with E-state index in [4.69, 9.17) is 5.10 Å². The molecule has 1 amide bonds. The molecule has 3 heterocycles. The highest BCUT2D eigenvalue weighted by Gasteiger charge is 2.23. The standard InChI is InChI=1S/C26H29N7OS/c1-35-26-30-29-23(33(26)21-12-5-6-13-21)14-8-16-28-25(34)22-18-32(20-10-3-2-4-11-20)31-24(22)19-9-7-15-27-17-19/h2-4,7,9-11,15,17-18,21H,5-6,8,12-14,16H2,1H3,(H,28,34). The smallest absolute Gasteiger partial charge is 0.255 e. The third kappa shape index (κ3) is 5.14. The van der Waals surface area contributed by atoms with Crippen LogP contribution in [0.15, 0.2) is 66.2 Å². The molecule has 0 radical (unpaired) electrons. The quantitative estimate of drug-likeness (QED) is 0.271. The molecule has 35 heavy (non-hydrogen) atoms. The molecule has 1 aliphatic carbocycles. The van der Waals surface area contributed by atoms with Crippen LogP contribution in [-0.4, -0.2) is 48.2 Å². The topological polar surface area (TPSA) is 90.5 Å². The van der Waals surface area contributed by atoms with Gasteiger partial charge in [0.15, 0.2) is 5.16 Å². The van der Waals surface area contributed by atoms with Crippen molar-refractivity contribution < 1.29 is 4.79 Å². The molecule has 1 aliphatic rings. The fraction of sp³-hybridized carbons (Fsp3) is 0.346. The van der Waals surface area contributed by atoms with Gasteiger partial charge < -0.3 is 9.88 Å². The number of aromatic nitrogens is 6. The molecule has 0 bridgehead atoms. The summed E-state index contributed by atoms with van der Waals surface area (Å²) in [7, 11) is 0. The van der Waals surface area contributed by atoms with E-state index in [2.05, 4.69) is 31.3 Å². The van der Waals surface area contributed by atoms with Gasteiger partial charge in [-0.15, -0.1) is 10.2 Å². The van der Waals surface area contributed by atoms with Crippen LogP contribution in [0, 0.1) is 0 Å². The van der Waals surface area contributed by atoms with Gasteiger partial charge in [0.05, 0.1) is 11.3 Å². The minimum atomic E-state index is -0.145. The minimum absolute atomic E-state index is 0.145. The number of benzene rings is 1. The Bertz CT molecular complexity index is 1260. The van der Waals surface area contributed by atoms with Gasteiger partial charge in [-0.2, -0.15) is 5.10 Å². The molecule has 8 nitrogen and oxygen atoms in total. The Morgan fingerprint density at radius 2 is 1.94 bits per heavy atom. The van der Waals surface area contributed by atoms with Gasteiger partial charge in [-0.3, -0.25) is 9.78 Å². The van der Waals surface area contributed by atoms with Gasteiger partial charge >= 0.3 is 0 Å². The van der Waals surface area contributed by atoms with Crippen LogP contribution in [0.5, 0.6) is 0 Å². The highest BCUT2D eigenvalue weighted by Crippen LogP contribution is 2.33. The van der Waals surface area contributed by atoms with E-state index in [-0.39, 0.29) is 5.91 Å². The maximum atomic E-state index is 13.2. The summed E-state index contributed by atoms with van der Waals surface area (Å²) in [4.78, 5) is 17.4. The molecule has 4 aromatic rings. The van der Waals surface area contributed by atoms with E-state index in [0.717, 1.165) is 35.1 Å². The van der Waals surface area contributed by atoms with Gasteiger partial charge in [0.25, 0.3) is 5.91 Å². The normalized spacial score (nSPS) is 13.9. The molecule has 3 aromatic heterocycles. The molecule has 0 aliphatic heterocycles. The Balaban J connectivity index is 1.28. The Kier molecular flexibility index (Phi) is 7.23. The number of thioether (sulfide) groups is 1. The minimum Gasteiger partial charge on any atom is -0.352 e. The fourth-order valence-corrected chi connectivity index (χ4v) is 5.23. The van der Waals surface area contributed by atoms with Crippen LogP contribution in [0.25, 0.3) is 16.9 Å². The molecule has 1 saturated carbocycles. The van der Waals surface area contributed by atoms with Crippen molar-refractivity contribution in [2.24, 2.45) is 0 Å². The lowest BCUT2D eigenvalue weighted by Crippen LogP contribution is -2.25. The number of carbonyl (C=O) groups is 1. The molecule has 0 saturated heterocycles. The van der Waals surface area contributed by atoms with Gasteiger partial charge in [-0.1, -0.05) is 42.8 Å². The van der Waals surface area contributed by atoms with E-state index in [1.54, 1.807) is 35.0 Å². The van der Waals surface area contributed by atoms with Crippen LogP contribution in [0.2, 0.25) is 0 Å². The zero-order chi connectivity index (χ0) is 24.0. The third-order valence-corrected chi connectivity index (χ3v) is 7.03. The SMILES string of the molecule is CSc1nnc(CCCNC(=O)c2cn(-c3ccccc3)nc2-c2cccnc2)n1C1CCCC1. The first-order chi connectivity index (χ1) is 17.2. The summed E-state index contributed by atoms with van der Waals surface area (Å²) in [6.45, 7) is 0.550. The largest absolute Gasteiger partial charge is 0.352 e. The molecule has 9 heteroatoms. The van der Waals surface area contributed by atoms with Crippen LogP contribution >= 0.6 is 11.8 Å². The van der Waals surface area contributed by atoms with Gasteiger partial charge in [-0.25, -0.2) is 4.68 Å². The average Bonchev–Trinajstić information content (AvgIpc) is 3.67. The Labute approximate surface area is 209 Å². The zero-order valence-electron chi connectivity index (χ0n) is 19.8. The molecule has 180 valence electrons. The Hall–Kier alpha value is -3.46. The van der Waals surface area contributed by atoms with Gasteiger partial charge in [0, 0.05) is 43.2 Å². The van der Waals surface area contributed by atoms with Gasteiger partial charge in [-0.05, 0) is 49.8 Å². The summed E-state index contributed by atoms with van der Waals surface area (Å²) in [5, 5.41) is 17.6. The van der Waals surface area contributed by atoms with E-state index in [1.807, 2.05) is 42.5 Å². The maximum Gasteiger partial charge on any atom is 0.255 e. The monoisotopic (exact) mass is 487 g/mol. The first kappa shape index (κ1) is 23.3. The highest BCUT2D eigenvalue weighted by atomic mass is 32.2. The number of nitrogens with zero attached hydrogens (tertiary/aromatic N) is 6. The molecular weight excluding hydrogens is 458 g/mol. The number of aryl methyl sites for hydroxylation is 1. The fourth-order valence-electron chi connectivity index (χ4n) is 4.66. The molecule has 5 rings (SSSR count). The van der Waals surface area contributed by atoms with Crippen LogP contribution < -0.4 is 5.32 Å². The zero-order valence-corrected chi connectivity index (χ0v) is 20.6. The van der Waals surface area contributed by atoms with Crippen molar-refractivity contribution in [2.45, 2.75) is 49.7 Å². The summed E-state index contributed by atoms with van der Waals surface area (Å²) in [5.41, 5.74) is 2.85. The predicted molar refractivity (Wildman–Crippen MR) is 137 cm³/mol. The van der Waals surface area contributed by atoms with Crippen molar-refractivity contribution in [1.82, 2.24) is 34.8 Å². The van der Waals surface area contributed by atoms with Crippen LogP contribution in [0.4, 0.5) is 0 Å². The highest BCUT2D eigenvalue weighted by molar-refractivity contribution is 7.98. The summed E-state index contributed by atoms with van der Waals surface area (Å²) in [6.07, 6.45) is 13.8. The number of carbonyl (C=O) groups excluding carboxylic acids is 1. The first-order valence-electron chi connectivity index (χ1n) is 12.1. The van der Waals surface area contributed by atoms with Crippen molar-refractivity contribution in [3.05, 3.63) is 72.4 Å². The molecule has 1 N–H and O–H groups in total. The second kappa shape index (κ2) is 10.9. The number of hydrogen-bond acceptors (Lipinski definition) is 6. The molecule has 1 aromatic carbocycles. The van der Waals surface area contributed by atoms with Gasteiger partial charge in [0.1, 0.15) is 11.5 Å². The van der Waals surface area contributed by atoms with Crippen molar-refractivity contribution in [3.8, 4) is 16.9 Å². The van der Waals surface area contributed by atoms with Crippen molar-refractivity contribution in [1.29, 1.82) is 0 Å². The van der Waals surface area contributed by atoms with Crippen molar-refractivity contribution in [2.75, 3.05) is 12.8 Å². The molecular formula is C26H29N7OS. The van der Waals surface area contributed by atoms with E-state index >= 15 is 0 Å². The number of nitrogens with one attached hydrogen (secondary N) is 1. The third-order valence-electron chi connectivity index (χ3n) is 6.38. The summed E-state index contributed by atoms with van der Waals surface area (Å²) in [5.74, 6) is 0.872. The molecule has 0 unspecified atom stereocenters. The molecule has 0 spiro atoms. The predicted octanol–water partition coefficient (Wildman–Crippen LogP) is 4.73. The summed E-state index contributed by atoms with van der Waals surface area (Å²) in [6, 6.07) is 14.1. The second-order valence-corrected chi connectivity index (χ2v) is 9.46. The number of para-hydroxylation sites is 1. The second-order valence-electron chi connectivity index (χ2n) is 8.68. The number of rotatable bonds is 9. The van der Waals surface area contributed by atoms with E-state index in [0.29, 0.717) is 23.8 Å². The number of amides is 1. The van der Waals surface area contributed by atoms with E-state index < -0.39 is 0 Å². The van der Waals surface area contributed by atoms with Crippen LogP contribution in [0.1, 0.15) is 54.3 Å². The molecule has 0 atom stereocenters. The lowest BCUT2D eigenvalue weighted by atomic mass is 10.1. The van der Waals surface area contributed by atoms with E-state index in [1.165, 1.54) is 25.7 Å². The Morgan fingerprint density at radius 1 is 1.11 bits per heavy atom. The average molecular weight is 488 g/mol. The van der Waals surface area contributed by atoms with Gasteiger partial charge in [0.2, 0.25) is 0 Å².